The second-order valence-electron chi connectivity index (χ2n) is 7.88. The summed E-state index contributed by atoms with van der Waals surface area (Å²) in [7, 11) is -4.00. The van der Waals surface area contributed by atoms with Crippen LogP contribution in [0, 0.1) is 10.1 Å². The minimum atomic E-state index is -4.00. The molecule has 3 aromatic rings. The number of hydrogen-bond acceptors (Lipinski definition) is 5. The van der Waals surface area contributed by atoms with Gasteiger partial charge in [0.25, 0.3) is 21.6 Å². The van der Waals surface area contributed by atoms with E-state index in [0.29, 0.717) is 37.3 Å². The number of nitro groups is 1. The molecule has 168 valence electrons. The largest absolute Gasteiger partial charge is 0.307 e. The van der Waals surface area contributed by atoms with Gasteiger partial charge in [0.05, 0.1) is 21.3 Å². The lowest BCUT2D eigenvalue weighted by Gasteiger charge is -2.22. The molecule has 0 fully saturated rings. The fraction of sp³-hybridized carbons (Fsp3) is 0.174. The third-order valence-electron chi connectivity index (χ3n) is 6.01. The monoisotopic (exact) mass is 483 g/mol. The standard InChI is InChI=1S/C23H18ClN3O5S/c24-19-8-6-17(23(28)25-11-9-16-5-7-18(27(29)30)14-21(16)25)13-22(19)33(31,32)26-12-10-15-3-1-2-4-20(15)26/h1-8,13-14H,9-12H2. The highest BCUT2D eigenvalue weighted by atomic mass is 35.5. The van der Waals surface area contributed by atoms with Gasteiger partial charge in [0, 0.05) is 30.8 Å². The Morgan fingerprint density at radius 2 is 1.67 bits per heavy atom. The number of fused-ring (bicyclic) bond motifs is 2. The molecule has 0 atom stereocenters. The molecule has 0 spiro atoms. The number of anilines is 2. The van der Waals surface area contributed by atoms with Crippen molar-refractivity contribution in [3.8, 4) is 0 Å². The van der Waals surface area contributed by atoms with Gasteiger partial charge in [0.2, 0.25) is 0 Å². The maximum absolute atomic E-state index is 13.5. The molecule has 0 bridgehead atoms. The molecule has 2 aliphatic rings. The molecular weight excluding hydrogens is 466 g/mol. The van der Waals surface area contributed by atoms with Crippen LogP contribution in [0.4, 0.5) is 17.1 Å². The fourth-order valence-electron chi connectivity index (χ4n) is 4.36. The van der Waals surface area contributed by atoms with E-state index >= 15 is 0 Å². The van der Waals surface area contributed by atoms with Gasteiger partial charge in [0.15, 0.2) is 0 Å². The first-order valence-electron chi connectivity index (χ1n) is 10.3. The number of carbonyl (C=O) groups is 1. The highest BCUT2D eigenvalue weighted by Gasteiger charge is 2.34. The van der Waals surface area contributed by atoms with Gasteiger partial charge >= 0.3 is 0 Å². The molecule has 3 aromatic carbocycles. The molecule has 2 heterocycles. The Morgan fingerprint density at radius 3 is 2.45 bits per heavy atom. The van der Waals surface area contributed by atoms with Crippen molar-refractivity contribution in [1.82, 2.24) is 0 Å². The van der Waals surface area contributed by atoms with Crippen molar-refractivity contribution >= 4 is 44.6 Å². The number of para-hydroxylation sites is 1. The predicted molar refractivity (Wildman–Crippen MR) is 125 cm³/mol. The van der Waals surface area contributed by atoms with Crippen LogP contribution in [-0.2, 0) is 22.9 Å². The molecule has 0 unspecified atom stereocenters. The van der Waals surface area contributed by atoms with E-state index < -0.39 is 20.9 Å². The second-order valence-corrected chi connectivity index (χ2v) is 10.1. The number of non-ortho nitro benzene ring substituents is 1. The van der Waals surface area contributed by atoms with E-state index in [1.54, 1.807) is 18.2 Å². The van der Waals surface area contributed by atoms with E-state index in [9.17, 15) is 23.3 Å². The van der Waals surface area contributed by atoms with Crippen LogP contribution in [0.25, 0.3) is 0 Å². The van der Waals surface area contributed by atoms with Gasteiger partial charge in [-0.25, -0.2) is 8.42 Å². The number of rotatable bonds is 4. The topological polar surface area (TPSA) is 101 Å². The summed E-state index contributed by atoms with van der Waals surface area (Å²) in [4.78, 5) is 25.3. The molecule has 33 heavy (non-hydrogen) atoms. The fourth-order valence-corrected chi connectivity index (χ4v) is 6.36. The molecule has 5 rings (SSSR count). The molecule has 0 N–H and O–H groups in total. The molecule has 0 saturated heterocycles. The number of nitrogens with zero attached hydrogens (tertiary/aromatic N) is 3. The lowest BCUT2D eigenvalue weighted by atomic mass is 10.1. The third-order valence-corrected chi connectivity index (χ3v) is 8.31. The van der Waals surface area contributed by atoms with E-state index in [1.807, 2.05) is 12.1 Å². The zero-order chi connectivity index (χ0) is 23.3. The van der Waals surface area contributed by atoms with Crippen LogP contribution in [-0.4, -0.2) is 32.3 Å². The van der Waals surface area contributed by atoms with Crippen LogP contribution in [0.15, 0.2) is 65.6 Å². The second kappa shape index (κ2) is 7.86. The molecule has 2 aliphatic heterocycles. The molecule has 1 amide bonds. The minimum absolute atomic E-state index is 0.0217. The Bertz CT molecular complexity index is 1420. The van der Waals surface area contributed by atoms with Crippen molar-refractivity contribution < 1.29 is 18.1 Å². The average molecular weight is 484 g/mol. The minimum Gasteiger partial charge on any atom is -0.307 e. The Kier molecular flexibility index (Phi) is 5.10. The smallest absolute Gasteiger partial charge is 0.271 e. The maximum Gasteiger partial charge on any atom is 0.271 e. The summed E-state index contributed by atoms with van der Waals surface area (Å²) in [5.74, 6) is -0.441. The summed E-state index contributed by atoms with van der Waals surface area (Å²) in [5, 5.41) is 11.2. The summed E-state index contributed by atoms with van der Waals surface area (Å²) in [6, 6.07) is 15.8. The first-order valence-corrected chi connectivity index (χ1v) is 12.1. The van der Waals surface area contributed by atoms with Crippen molar-refractivity contribution in [3.63, 3.8) is 0 Å². The van der Waals surface area contributed by atoms with Gasteiger partial charge < -0.3 is 4.90 Å². The highest BCUT2D eigenvalue weighted by Crippen LogP contribution is 2.36. The highest BCUT2D eigenvalue weighted by molar-refractivity contribution is 7.93. The van der Waals surface area contributed by atoms with Crippen LogP contribution >= 0.6 is 11.6 Å². The van der Waals surface area contributed by atoms with Crippen molar-refractivity contribution in [2.75, 3.05) is 22.3 Å². The molecule has 0 saturated carbocycles. The molecule has 8 nitrogen and oxygen atoms in total. The quantitative estimate of drug-likeness (QED) is 0.409. The van der Waals surface area contributed by atoms with Crippen LogP contribution in [0.3, 0.4) is 0 Å². The Hall–Kier alpha value is -3.43. The number of nitro benzene ring substituents is 1. The zero-order valence-corrected chi connectivity index (χ0v) is 18.8. The van der Waals surface area contributed by atoms with E-state index in [2.05, 4.69) is 0 Å². The molecular formula is C23H18ClN3O5S. The SMILES string of the molecule is O=C(c1ccc(Cl)c(S(=O)(=O)N2CCc3ccccc32)c1)N1CCc2ccc([N+](=O)[O-])cc21. The maximum atomic E-state index is 13.5. The normalized spacial score (nSPS) is 14.8. The molecule has 0 radical (unpaired) electrons. The van der Waals surface area contributed by atoms with Crippen LogP contribution in [0.2, 0.25) is 5.02 Å². The van der Waals surface area contributed by atoms with E-state index in [4.69, 9.17) is 11.6 Å². The van der Waals surface area contributed by atoms with Crippen LogP contribution in [0.5, 0.6) is 0 Å². The molecule has 10 heteroatoms. The number of sulfonamides is 1. The summed E-state index contributed by atoms with van der Waals surface area (Å²) in [6.45, 7) is 0.638. The first kappa shape index (κ1) is 21.4. The molecule has 0 aromatic heterocycles. The van der Waals surface area contributed by atoms with Gasteiger partial charge in [0.1, 0.15) is 4.90 Å². The van der Waals surface area contributed by atoms with Crippen molar-refractivity contribution in [1.29, 1.82) is 0 Å². The summed E-state index contributed by atoms with van der Waals surface area (Å²) >= 11 is 6.28. The van der Waals surface area contributed by atoms with Crippen LogP contribution in [0.1, 0.15) is 21.5 Å². The predicted octanol–water partition coefficient (Wildman–Crippen LogP) is 4.20. The van der Waals surface area contributed by atoms with Crippen LogP contribution < -0.4 is 9.21 Å². The van der Waals surface area contributed by atoms with E-state index in [1.165, 1.54) is 39.5 Å². The van der Waals surface area contributed by atoms with Gasteiger partial charge in [-0.05, 0) is 48.2 Å². The number of benzene rings is 3. The average Bonchev–Trinajstić information content (AvgIpc) is 3.43. The Morgan fingerprint density at radius 1 is 0.939 bits per heavy atom. The summed E-state index contributed by atoms with van der Waals surface area (Å²) in [5.41, 5.74) is 2.85. The lowest BCUT2D eigenvalue weighted by molar-refractivity contribution is -0.384. The third kappa shape index (κ3) is 3.53. The molecule has 0 aliphatic carbocycles. The van der Waals surface area contributed by atoms with E-state index in [-0.39, 0.29) is 21.2 Å². The zero-order valence-electron chi connectivity index (χ0n) is 17.3. The lowest BCUT2D eigenvalue weighted by Crippen LogP contribution is -2.31. The van der Waals surface area contributed by atoms with Gasteiger partial charge in [-0.3, -0.25) is 19.2 Å². The van der Waals surface area contributed by atoms with Crippen molar-refractivity contribution in [2.45, 2.75) is 17.7 Å². The number of halogens is 1. The number of amides is 1. The van der Waals surface area contributed by atoms with Crippen molar-refractivity contribution in [3.05, 3.63) is 92.5 Å². The van der Waals surface area contributed by atoms with E-state index in [0.717, 1.165) is 11.1 Å². The first-order chi connectivity index (χ1) is 15.8. The van der Waals surface area contributed by atoms with Gasteiger partial charge in [-0.15, -0.1) is 0 Å². The van der Waals surface area contributed by atoms with Crippen molar-refractivity contribution in [2.24, 2.45) is 0 Å². The Balaban J connectivity index is 1.51. The van der Waals surface area contributed by atoms with Gasteiger partial charge in [-0.1, -0.05) is 35.9 Å². The summed E-state index contributed by atoms with van der Waals surface area (Å²) < 4.78 is 28.3. The van der Waals surface area contributed by atoms with Gasteiger partial charge in [-0.2, -0.15) is 0 Å². The number of carbonyl (C=O) groups excluding carboxylic acids is 1. The summed E-state index contributed by atoms with van der Waals surface area (Å²) in [6.07, 6.45) is 1.15. The number of hydrogen-bond donors (Lipinski definition) is 0. The Labute approximate surface area is 195 Å².